The zero-order valence-electron chi connectivity index (χ0n) is 12.0. The Balaban J connectivity index is 2.21. The maximum atomic E-state index is 8.80. The lowest BCUT2D eigenvalue weighted by atomic mass is 10.1. The molecule has 1 aliphatic heterocycles. The Morgan fingerprint density at radius 2 is 2.40 bits per heavy atom. The van der Waals surface area contributed by atoms with E-state index >= 15 is 0 Å². The maximum Gasteiger partial charge on any atom is 0.170 e. The summed E-state index contributed by atoms with van der Waals surface area (Å²) in [5.74, 6) is 0.964. The lowest BCUT2D eigenvalue weighted by Crippen LogP contribution is -2.40. The van der Waals surface area contributed by atoms with Crippen LogP contribution in [-0.2, 0) is 4.74 Å². The molecule has 1 saturated heterocycles. The van der Waals surface area contributed by atoms with Crippen LogP contribution in [0.25, 0.3) is 0 Å². The van der Waals surface area contributed by atoms with Crippen molar-refractivity contribution in [2.45, 2.75) is 32.8 Å². The van der Waals surface area contributed by atoms with E-state index in [1.54, 1.807) is 0 Å². The van der Waals surface area contributed by atoms with Crippen molar-refractivity contribution in [2.75, 3.05) is 24.6 Å². The first kappa shape index (κ1) is 14.6. The van der Waals surface area contributed by atoms with Crippen molar-refractivity contribution in [2.24, 2.45) is 10.9 Å². The molecule has 2 heterocycles. The molecule has 1 fully saturated rings. The van der Waals surface area contributed by atoms with Gasteiger partial charge in [0.15, 0.2) is 5.84 Å². The second-order valence-corrected chi connectivity index (χ2v) is 5.01. The zero-order valence-corrected chi connectivity index (χ0v) is 12.0. The maximum absolute atomic E-state index is 8.80. The monoisotopic (exact) mass is 278 g/mol. The number of pyridine rings is 1. The predicted molar refractivity (Wildman–Crippen MR) is 78.3 cm³/mol. The van der Waals surface area contributed by atoms with Crippen LogP contribution >= 0.6 is 0 Å². The van der Waals surface area contributed by atoms with Crippen LogP contribution < -0.4 is 10.6 Å². The molecule has 1 aromatic rings. The van der Waals surface area contributed by atoms with E-state index in [0.717, 1.165) is 44.0 Å². The summed E-state index contributed by atoms with van der Waals surface area (Å²) in [6.07, 6.45) is 2.42. The molecule has 0 aliphatic carbocycles. The van der Waals surface area contributed by atoms with Crippen molar-refractivity contribution in [3.05, 3.63) is 23.4 Å². The second-order valence-electron chi connectivity index (χ2n) is 5.01. The summed E-state index contributed by atoms with van der Waals surface area (Å²) in [7, 11) is 0. The normalized spacial score (nSPS) is 20.2. The summed E-state index contributed by atoms with van der Waals surface area (Å²) in [6, 6.07) is 3.67. The molecule has 6 nitrogen and oxygen atoms in total. The topological polar surface area (TPSA) is 84.0 Å². The van der Waals surface area contributed by atoms with Crippen LogP contribution in [0.1, 0.15) is 31.0 Å². The fraction of sp³-hybridized carbons (Fsp3) is 0.571. The van der Waals surface area contributed by atoms with Gasteiger partial charge in [0.2, 0.25) is 0 Å². The molecular formula is C14H22N4O2. The highest BCUT2D eigenvalue weighted by Gasteiger charge is 2.21. The summed E-state index contributed by atoms with van der Waals surface area (Å²) >= 11 is 0. The Morgan fingerprint density at radius 3 is 3.10 bits per heavy atom. The molecule has 6 heteroatoms. The van der Waals surface area contributed by atoms with Gasteiger partial charge in [-0.1, -0.05) is 5.16 Å². The van der Waals surface area contributed by atoms with E-state index in [-0.39, 0.29) is 11.9 Å². The van der Waals surface area contributed by atoms with Crippen molar-refractivity contribution in [1.82, 2.24) is 4.98 Å². The molecule has 20 heavy (non-hydrogen) atoms. The minimum Gasteiger partial charge on any atom is -0.409 e. The number of aryl methyl sites for hydroxylation is 1. The highest BCUT2D eigenvalue weighted by molar-refractivity contribution is 5.97. The molecule has 1 aromatic heterocycles. The summed E-state index contributed by atoms with van der Waals surface area (Å²) in [6.45, 7) is 6.44. The van der Waals surface area contributed by atoms with Crippen molar-refractivity contribution in [1.29, 1.82) is 0 Å². The Bertz CT molecular complexity index is 488. The first-order valence-electron chi connectivity index (χ1n) is 6.97. The van der Waals surface area contributed by atoms with E-state index in [1.807, 2.05) is 26.0 Å². The number of anilines is 1. The van der Waals surface area contributed by atoms with Crippen LogP contribution in [-0.4, -0.2) is 41.8 Å². The summed E-state index contributed by atoms with van der Waals surface area (Å²) < 4.78 is 5.71. The number of amidine groups is 1. The van der Waals surface area contributed by atoms with Gasteiger partial charge in [-0.3, -0.25) is 0 Å². The fourth-order valence-corrected chi connectivity index (χ4v) is 2.54. The number of hydrogen-bond donors (Lipinski definition) is 2. The fourth-order valence-electron chi connectivity index (χ4n) is 2.54. The second kappa shape index (κ2) is 6.56. The van der Waals surface area contributed by atoms with Gasteiger partial charge in [0.05, 0.1) is 6.10 Å². The molecule has 1 aliphatic rings. The largest absolute Gasteiger partial charge is 0.409 e. The van der Waals surface area contributed by atoms with Gasteiger partial charge in [0.1, 0.15) is 5.82 Å². The molecule has 0 radical (unpaired) electrons. The van der Waals surface area contributed by atoms with Crippen LogP contribution in [0.3, 0.4) is 0 Å². The van der Waals surface area contributed by atoms with Crippen LogP contribution in [0.2, 0.25) is 0 Å². The highest BCUT2D eigenvalue weighted by Crippen LogP contribution is 2.21. The Kier molecular flexibility index (Phi) is 4.79. The molecular weight excluding hydrogens is 256 g/mol. The molecule has 1 atom stereocenters. The van der Waals surface area contributed by atoms with Gasteiger partial charge in [-0.25, -0.2) is 4.98 Å². The summed E-state index contributed by atoms with van der Waals surface area (Å²) in [5.41, 5.74) is 7.20. The predicted octanol–water partition coefficient (Wildman–Crippen LogP) is 1.49. The number of aromatic nitrogens is 1. The van der Waals surface area contributed by atoms with E-state index in [9.17, 15) is 0 Å². The Hall–Kier alpha value is -1.82. The van der Waals surface area contributed by atoms with Gasteiger partial charge in [0, 0.05) is 31.0 Å². The molecule has 0 amide bonds. The molecule has 0 spiro atoms. The van der Waals surface area contributed by atoms with Gasteiger partial charge in [0.25, 0.3) is 0 Å². The van der Waals surface area contributed by atoms with Gasteiger partial charge in [-0.05, 0) is 38.8 Å². The summed E-state index contributed by atoms with van der Waals surface area (Å²) in [4.78, 5) is 6.75. The number of nitrogens with zero attached hydrogens (tertiary/aromatic N) is 3. The first-order valence-corrected chi connectivity index (χ1v) is 6.97. The number of rotatable bonds is 4. The van der Waals surface area contributed by atoms with E-state index in [1.165, 1.54) is 0 Å². The van der Waals surface area contributed by atoms with E-state index in [0.29, 0.717) is 5.56 Å². The molecule has 110 valence electrons. The van der Waals surface area contributed by atoms with Crippen LogP contribution in [0.5, 0.6) is 0 Å². The first-order chi connectivity index (χ1) is 9.63. The molecule has 0 aromatic carbocycles. The number of oxime groups is 1. The van der Waals surface area contributed by atoms with E-state index in [2.05, 4.69) is 15.0 Å². The third kappa shape index (κ3) is 3.39. The number of piperidine rings is 1. The number of ether oxygens (including phenoxy) is 1. The van der Waals surface area contributed by atoms with Crippen molar-refractivity contribution < 1.29 is 9.94 Å². The lowest BCUT2D eigenvalue weighted by molar-refractivity contribution is 0.0525. The molecule has 3 N–H and O–H groups in total. The van der Waals surface area contributed by atoms with E-state index in [4.69, 9.17) is 15.7 Å². The third-order valence-corrected chi connectivity index (χ3v) is 3.45. The molecule has 2 rings (SSSR count). The lowest BCUT2D eigenvalue weighted by Gasteiger charge is -2.33. The molecule has 0 bridgehead atoms. The average molecular weight is 278 g/mol. The minimum absolute atomic E-state index is 0.107. The van der Waals surface area contributed by atoms with Gasteiger partial charge >= 0.3 is 0 Å². The van der Waals surface area contributed by atoms with E-state index < -0.39 is 0 Å². The average Bonchev–Trinajstić information content (AvgIpc) is 2.46. The van der Waals surface area contributed by atoms with Gasteiger partial charge < -0.3 is 20.6 Å². The number of hydrogen-bond acceptors (Lipinski definition) is 5. The van der Waals surface area contributed by atoms with Crippen LogP contribution in [0.4, 0.5) is 5.82 Å². The Morgan fingerprint density at radius 1 is 1.60 bits per heavy atom. The summed E-state index contributed by atoms with van der Waals surface area (Å²) in [5, 5.41) is 11.9. The van der Waals surface area contributed by atoms with Gasteiger partial charge in [-0.15, -0.1) is 0 Å². The SMILES string of the molecule is CCOC1CCCN(c2cc(/C(N)=N/O)cc(C)n2)C1. The van der Waals surface area contributed by atoms with Crippen molar-refractivity contribution in [3.8, 4) is 0 Å². The minimum atomic E-state index is 0.107. The van der Waals surface area contributed by atoms with Crippen molar-refractivity contribution >= 4 is 11.7 Å². The Labute approximate surface area is 119 Å². The highest BCUT2D eigenvalue weighted by atomic mass is 16.5. The molecule has 0 saturated carbocycles. The van der Waals surface area contributed by atoms with Gasteiger partial charge in [-0.2, -0.15) is 0 Å². The van der Waals surface area contributed by atoms with Crippen LogP contribution in [0.15, 0.2) is 17.3 Å². The molecule has 1 unspecified atom stereocenters. The number of nitrogens with two attached hydrogens (primary N) is 1. The smallest absolute Gasteiger partial charge is 0.170 e. The quantitative estimate of drug-likeness (QED) is 0.377. The van der Waals surface area contributed by atoms with Crippen molar-refractivity contribution in [3.63, 3.8) is 0 Å². The van der Waals surface area contributed by atoms with Crippen LogP contribution in [0, 0.1) is 6.92 Å². The zero-order chi connectivity index (χ0) is 14.5. The third-order valence-electron chi connectivity index (χ3n) is 3.45. The standard InChI is InChI=1S/C14H22N4O2/c1-3-20-12-5-4-6-18(9-12)13-8-11(14(15)17-19)7-10(2)16-13/h7-8,12,19H,3-6,9H2,1-2H3,(H2,15,17).